The lowest BCUT2D eigenvalue weighted by Crippen LogP contribution is -2.47. The van der Waals surface area contributed by atoms with E-state index in [0.717, 1.165) is 18.1 Å². The van der Waals surface area contributed by atoms with Crippen molar-refractivity contribution in [2.75, 3.05) is 36.0 Å². The topological polar surface area (TPSA) is 68.9 Å². The van der Waals surface area contributed by atoms with E-state index in [2.05, 4.69) is 21.0 Å². The Morgan fingerprint density at radius 3 is 2.40 bits per heavy atom. The second kappa shape index (κ2) is 6.55. The molecule has 3 heterocycles. The number of pyridine rings is 1. The van der Waals surface area contributed by atoms with E-state index in [1.807, 2.05) is 11.8 Å². The summed E-state index contributed by atoms with van der Waals surface area (Å²) in [6.07, 6.45) is -3.56. The van der Waals surface area contributed by atoms with Crippen LogP contribution in [0.25, 0.3) is 0 Å². The Balaban J connectivity index is 1.75. The highest BCUT2D eigenvalue weighted by Gasteiger charge is 2.33. The van der Waals surface area contributed by atoms with Crippen molar-refractivity contribution in [2.45, 2.75) is 13.1 Å². The van der Waals surface area contributed by atoms with Gasteiger partial charge in [-0.25, -0.2) is 15.0 Å². The van der Waals surface area contributed by atoms with Crippen LogP contribution in [0.1, 0.15) is 17.0 Å². The fourth-order valence-electron chi connectivity index (χ4n) is 2.69. The Labute approximate surface area is 142 Å². The second-order valence-electron chi connectivity index (χ2n) is 5.67. The predicted octanol–water partition coefficient (Wildman–Crippen LogP) is 2.40. The van der Waals surface area contributed by atoms with Gasteiger partial charge in [-0.3, -0.25) is 0 Å². The van der Waals surface area contributed by atoms with Crippen molar-refractivity contribution >= 4 is 11.6 Å². The van der Waals surface area contributed by atoms with Crippen LogP contribution >= 0.6 is 0 Å². The molecule has 3 rings (SSSR count). The largest absolute Gasteiger partial charge is 0.433 e. The Hall–Kier alpha value is -2.89. The normalized spacial score (nSPS) is 15.2. The van der Waals surface area contributed by atoms with E-state index < -0.39 is 11.9 Å². The van der Waals surface area contributed by atoms with Crippen LogP contribution in [-0.4, -0.2) is 41.1 Å². The number of nitriles is 1. The van der Waals surface area contributed by atoms with Gasteiger partial charge in [-0.05, 0) is 19.1 Å². The van der Waals surface area contributed by atoms with Gasteiger partial charge in [-0.2, -0.15) is 18.4 Å². The molecule has 1 aliphatic rings. The smallest absolute Gasteiger partial charge is 0.353 e. The lowest BCUT2D eigenvalue weighted by molar-refractivity contribution is -0.141. The number of hydrogen-bond donors (Lipinski definition) is 0. The second-order valence-corrected chi connectivity index (χ2v) is 5.67. The number of rotatable bonds is 2. The zero-order chi connectivity index (χ0) is 18.0. The lowest BCUT2D eigenvalue weighted by Gasteiger charge is -2.36. The molecule has 1 saturated heterocycles. The van der Waals surface area contributed by atoms with Gasteiger partial charge in [0.15, 0.2) is 0 Å². The third-order valence-corrected chi connectivity index (χ3v) is 3.98. The molecule has 0 aliphatic carbocycles. The summed E-state index contributed by atoms with van der Waals surface area (Å²) in [6.45, 7) is 3.89. The van der Waals surface area contributed by atoms with E-state index in [4.69, 9.17) is 0 Å². The lowest BCUT2D eigenvalue weighted by atomic mass is 10.2. The third kappa shape index (κ3) is 3.63. The average molecular weight is 348 g/mol. The summed E-state index contributed by atoms with van der Waals surface area (Å²) >= 11 is 0. The SMILES string of the molecule is Cc1ccc(C#N)c(N2CCN(c3cc(C(F)(F)F)ncn3)CC2)n1. The van der Waals surface area contributed by atoms with Gasteiger partial charge >= 0.3 is 6.18 Å². The highest BCUT2D eigenvalue weighted by atomic mass is 19.4. The molecule has 6 nitrogen and oxygen atoms in total. The van der Waals surface area contributed by atoms with Crippen molar-refractivity contribution in [2.24, 2.45) is 0 Å². The Kier molecular flexibility index (Phi) is 4.44. The van der Waals surface area contributed by atoms with Gasteiger partial charge in [0.25, 0.3) is 0 Å². The number of aromatic nitrogens is 3. The van der Waals surface area contributed by atoms with E-state index >= 15 is 0 Å². The first kappa shape index (κ1) is 17.0. The molecule has 0 saturated carbocycles. The molecule has 25 heavy (non-hydrogen) atoms. The molecule has 0 atom stereocenters. The molecule has 0 spiro atoms. The van der Waals surface area contributed by atoms with E-state index in [1.165, 1.54) is 0 Å². The first-order valence-electron chi connectivity index (χ1n) is 7.65. The zero-order valence-electron chi connectivity index (χ0n) is 13.5. The van der Waals surface area contributed by atoms with Crippen LogP contribution < -0.4 is 9.80 Å². The van der Waals surface area contributed by atoms with Crippen molar-refractivity contribution in [3.8, 4) is 6.07 Å². The van der Waals surface area contributed by atoms with Crippen LogP contribution in [0.15, 0.2) is 24.5 Å². The van der Waals surface area contributed by atoms with Gasteiger partial charge in [0, 0.05) is 37.9 Å². The van der Waals surface area contributed by atoms with E-state index in [9.17, 15) is 18.4 Å². The van der Waals surface area contributed by atoms with Gasteiger partial charge in [0.1, 0.15) is 29.7 Å². The summed E-state index contributed by atoms with van der Waals surface area (Å²) in [5.41, 5.74) is 0.342. The first-order chi connectivity index (χ1) is 11.9. The summed E-state index contributed by atoms with van der Waals surface area (Å²) < 4.78 is 38.4. The predicted molar refractivity (Wildman–Crippen MR) is 85.1 cm³/mol. The van der Waals surface area contributed by atoms with E-state index in [0.29, 0.717) is 37.6 Å². The molecule has 2 aromatic rings. The molecule has 0 amide bonds. The fourth-order valence-corrected chi connectivity index (χ4v) is 2.69. The Morgan fingerprint density at radius 2 is 1.76 bits per heavy atom. The maximum Gasteiger partial charge on any atom is 0.433 e. The molecule has 0 bridgehead atoms. The highest BCUT2D eigenvalue weighted by molar-refractivity contribution is 5.55. The summed E-state index contributed by atoms with van der Waals surface area (Å²) in [6, 6.07) is 6.59. The maximum absolute atomic E-state index is 12.8. The summed E-state index contributed by atoms with van der Waals surface area (Å²) in [5, 5.41) is 9.23. The fraction of sp³-hybridized carbons (Fsp3) is 0.375. The zero-order valence-corrected chi connectivity index (χ0v) is 13.5. The third-order valence-electron chi connectivity index (χ3n) is 3.98. The van der Waals surface area contributed by atoms with Crippen molar-refractivity contribution in [1.82, 2.24) is 15.0 Å². The summed E-state index contributed by atoms with van der Waals surface area (Å²) in [4.78, 5) is 15.4. The molecule has 1 aliphatic heterocycles. The van der Waals surface area contributed by atoms with Crippen molar-refractivity contribution < 1.29 is 13.2 Å². The van der Waals surface area contributed by atoms with Crippen molar-refractivity contribution in [1.29, 1.82) is 5.26 Å². The first-order valence-corrected chi connectivity index (χ1v) is 7.65. The molecule has 0 N–H and O–H groups in total. The molecule has 9 heteroatoms. The molecule has 130 valence electrons. The van der Waals surface area contributed by atoms with Gasteiger partial charge in [0.2, 0.25) is 0 Å². The molecule has 2 aromatic heterocycles. The molecule has 0 aromatic carbocycles. The number of nitrogens with zero attached hydrogens (tertiary/aromatic N) is 6. The van der Waals surface area contributed by atoms with Gasteiger partial charge in [-0.1, -0.05) is 0 Å². The number of anilines is 2. The molecular weight excluding hydrogens is 333 g/mol. The minimum Gasteiger partial charge on any atom is -0.353 e. The number of aryl methyl sites for hydroxylation is 1. The van der Waals surface area contributed by atoms with E-state index in [-0.39, 0.29) is 5.82 Å². The van der Waals surface area contributed by atoms with Gasteiger partial charge in [0.05, 0.1) is 5.56 Å². The molecular formula is C16H15F3N6. The average Bonchev–Trinajstić information content (AvgIpc) is 2.61. The maximum atomic E-state index is 12.8. The van der Waals surface area contributed by atoms with Crippen LogP contribution in [0.3, 0.4) is 0 Å². The minimum absolute atomic E-state index is 0.250. The quantitative estimate of drug-likeness (QED) is 0.830. The summed E-state index contributed by atoms with van der Waals surface area (Å²) in [7, 11) is 0. The highest BCUT2D eigenvalue weighted by Crippen LogP contribution is 2.29. The number of halogens is 3. The number of piperazine rings is 1. The van der Waals surface area contributed by atoms with Crippen molar-refractivity contribution in [3.63, 3.8) is 0 Å². The molecule has 1 fully saturated rings. The Morgan fingerprint density at radius 1 is 1.08 bits per heavy atom. The van der Waals surface area contributed by atoms with Crippen LogP contribution in [0.5, 0.6) is 0 Å². The monoisotopic (exact) mass is 348 g/mol. The molecule has 0 unspecified atom stereocenters. The van der Waals surface area contributed by atoms with Gasteiger partial charge in [-0.15, -0.1) is 0 Å². The van der Waals surface area contributed by atoms with Crippen molar-refractivity contribution in [3.05, 3.63) is 41.5 Å². The number of alkyl halides is 3. The number of hydrogen-bond acceptors (Lipinski definition) is 6. The standard InChI is InChI=1S/C16H15F3N6/c1-11-2-3-12(9-20)15(23-11)25-6-4-24(5-7-25)14-8-13(16(17,18)19)21-10-22-14/h2-3,8,10H,4-7H2,1H3. The van der Waals surface area contributed by atoms with Crippen LogP contribution in [0.4, 0.5) is 24.8 Å². The minimum atomic E-state index is -4.49. The summed E-state index contributed by atoms with van der Waals surface area (Å²) in [5.74, 6) is 0.862. The van der Waals surface area contributed by atoms with E-state index in [1.54, 1.807) is 17.0 Å². The van der Waals surface area contributed by atoms with Crippen LogP contribution in [-0.2, 0) is 6.18 Å². The van der Waals surface area contributed by atoms with Crippen LogP contribution in [0, 0.1) is 18.3 Å². The Bertz CT molecular complexity index is 806. The van der Waals surface area contributed by atoms with Gasteiger partial charge < -0.3 is 9.80 Å². The van der Waals surface area contributed by atoms with Crippen LogP contribution in [0.2, 0.25) is 0 Å². The molecule has 0 radical (unpaired) electrons.